The van der Waals surface area contributed by atoms with Gasteiger partial charge in [-0.1, -0.05) is 12.8 Å². The van der Waals surface area contributed by atoms with Gasteiger partial charge in [-0.25, -0.2) is 4.98 Å². The van der Waals surface area contributed by atoms with E-state index in [1.165, 1.54) is 19.3 Å². The first-order chi connectivity index (χ1) is 6.77. The Bertz CT molecular complexity index is 288. The molecule has 0 bridgehead atoms. The maximum Gasteiger partial charge on any atom is 0.125 e. The monoisotopic (exact) mass is 193 g/mol. The van der Waals surface area contributed by atoms with Crippen LogP contribution in [0.3, 0.4) is 0 Å². The number of rotatable bonds is 5. The Morgan fingerprint density at radius 3 is 3.00 bits per heavy atom. The molecule has 0 amide bonds. The zero-order valence-electron chi connectivity index (χ0n) is 9.03. The molecule has 1 fully saturated rings. The molecule has 0 spiro atoms. The van der Waals surface area contributed by atoms with Gasteiger partial charge in [0.1, 0.15) is 5.82 Å². The summed E-state index contributed by atoms with van der Waals surface area (Å²) in [5.74, 6) is 2.14. The van der Waals surface area contributed by atoms with Crippen LogP contribution in [0.15, 0.2) is 12.4 Å². The molecule has 3 nitrogen and oxygen atoms in total. The van der Waals surface area contributed by atoms with Gasteiger partial charge in [0.2, 0.25) is 0 Å². The van der Waals surface area contributed by atoms with Crippen LogP contribution in [-0.4, -0.2) is 16.1 Å². The standard InChI is InChI=1S/C11H19N3/c1-9(11-13-7-8-14(11)2)12-6-5-10-3-4-10/h7-10,12H,3-6H2,1-2H3. The molecule has 2 rings (SSSR count). The smallest absolute Gasteiger partial charge is 0.125 e. The normalized spacial score (nSPS) is 18.4. The molecule has 1 atom stereocenters. The molecule has 1 aliphatic rings. The number of nitrogens with one attached hydrogen (secondary N) is 1. The van der Waals surface area contributed by atoms with E-state index < -0.39 is 0 Å². The van der Waals surface area contributed by atoms with Crippen LogP contribution in [0.25, 0.3) is 0 Å². The molecule has 1 unspecified atom stereocenters. The number of hydrogen-bond acceptors (Lipinski definition) is 2. The number of aromatic nitrogens is 2. The van der Waals surface area contributed by atoms with Crippen LogP contribution < -0.4 is 5.32 Å². The van der Waals surface area contributed by atoms with Crippen LogP contribution in [0.4, 0.5) is 0 Å². The van der Waals surface area contributed by atoms with Crippen molar-refractivity contribution in [3.63, 3.8) is 0 Å². The maximum atomic E-state index is 4.33. The van der Waals surface area contributed by atoms with Crippen molar-refractivity contribution in [3.8, 4) is 0 Å². The summed E-state index contributed by atoms with van der Waals surface area (Å²) < 4.78 is 2.08. The molecule has 78 valence electrons. The summed E-state index contributed by atoms with van der Waals surface area (Å²) in [4.78, 5) is 4.33. The summed E-state index contributed by atoms with van der Waals surface area (Å²) in [7, 11) is 2.04. The average Bonchev–Trinajstić information content (AvgIpc) is 2.87. The van der Waals surface area contributed by atoms with Crippen LogP contribution in [0.1, 0.15) is 38.1 Å². The van der Waals surface area contributed by atoms with Crippen molar-refractivity contribution in [2.24, 2.45) is 13.0 Å². The van der Waals surface area contributed by atoms with Crippen LogP contribution in [-0.2, 0) is 7.05 Å². The highest BCUT2D eigenvalue weighted by Gasteiger charge is 2.20. The molecule has 1 saturated carbocycles. The van der Waals surface area contributed by atoms with Gasteiger partial charge in [-0.3, -0.25) is 0 Å². The summed E-state index contributed by atoms with van der Waals surface area (Å²) >= 11 is 0. The first kappa shape index (κ1) is 9.71. The Balaban J connectivity index is 1.76. The van der Waals surface area contributed by atoms with Crippen LogP contribution in [0.5, 0.6) is 0 Å². The molecule has 0 aromatic carbocycles. The second kappa shape index (κ2) is 4.13. The second-order valence-corrected chi connectivity index (χ2v) is 4.30. The lowest BCUT2D eigenvalue weighted by Crippen LogP contribution is -2.22. The molecule has 1 N–H and O–H groups in total. The third-order valence-corrected chi connectivity index (χ3v) is 2.95. The van der Waals surface area contributed by atoms with Crippen molar-refractivity contribution in [3.05, 3.63) is 18.2 Å². The summed E-state index contributed by atoms with van der Waals surface area (Å²) in [5.41, 5.74) is 0. The average molecular weight is 193 g/mol. The van der Waals surface area contributed by atoms with Crippen molar-refractivity contribution < 1.29 is 0 Å². The SMILES string of the molecule is CC(NCCC1CC1)c1nccn1C. The van der Waals surface area contributed by atoms with E-state index in [-0.39, 0.29) is 0 Å². The van der Waals surface area contributed by atoms with E-state index >= 15 is 0 Å². The molecule has 1 aromatic rings. The number of imidazole rings is 1. The third-order valence-electron chi connectivity index (χ3n) is 2.95. The highest BCUT2D eigenvalue weighted by molar-refractivity contribution is 4.96. The van der Waals surface area contributed by atoms with E-state index in [2.05, 4.69) is 21.8 Å². The van der Waals surface area contributed by atoms with E-state index in [0.717, 1.165) is 18.3 Å². The fraction of sp³-hybridized carbons (Fsp3) is 0.727. The van der Waals surface area contributed by atoms with Gasteiger partial charge >= 0.3 is 0 Å². The number of aryl methyl sites for hydroxylation is 1. The summed E-state index contributed by atoms with van der Waals surface area (Å²) in [6.45, 7) is 3.30. The molecular formula is C11H19N3. The van der Waals surface area contributed by atoms with Crippen LogP contribution in [0, 0.1) is 5.92 Å². The van der Waals surface area contributed by atoms with Crippen molar-refractivity contribution in [2.45, 2.75) is 32.2 Å². The highest BCUT2D eigenvalue weighted by atomic mass is 15.1. The topological polar surface area (TPSA) is 29.9 Å². The minimum Gasteiger partial charge on any atom is -0.337 e. The van der Waals surface area contributed by atoms with E-state index in [4.69, 9.17) is 0 Å². The Morgan fingerprint density at radius 1 is 1.64 bits per heavy atom. The predicted octanol–water partition coefficient (Wildman–Crippen LogP) is 1.87. The summed E-state index contributed by atoms with van der Waals surface area (Å²) in [6.07, 6.45) is 8.06. The van der Waals surface area contributed by atoms with Crippen LogP contribution >= 0.6 is 0 Å². The second-order valence-electron chi connectivity index (χ2n) is 4.30. The van der Waals surface area contributed by atoms with E-state index in [0.29, 0.717) is 6.04 Å². The number of nitrogens with zero attached hydrogens (tertiary/aromatic N) is 2. The lowest BCUT2D eigenvalue weighted by molar-refractivity contribution is 0.508. The fourth-order valence-electron chi connectivity index (χ4n) is 1.80. The number of hydrogen-bond donors (Lipinski definition) is 1. The van der Waals surface area contributed by atoms with Gasteiger partial charge in [0.05, 0.1) is 6.04 Å². The molecule has 0 saturated heterocycles. The van der Waals surface area contributed by atoms with Gasteiger partial charge in [-0.05, 0) is 25.8 Å². The Hall–Kier alpha value is -0.830. The molecule has 3 heteroatoms. The molecule has 0 radical (unpaired) electrons. The minimum atomic E-state index is 0.369. The Labute approximate surface area is 85.5 Å². The van der Waals surface area contributed by atoms with Crippen molar-refractivity contribution in [1.82, 2.24) is 14.9 Å². The largest absolute Gasteiger partial charge is 0.337 e. The van der Waals surface area contributed by atoms with E-state index in [9.17, 15) is 0 Å². The fourth-order valence-corrected chi connectivity index (χ4v) is 1.80. The highest BCUT2D eigenvalue weighted by Crippen LogP contribution is 2.31. The van der Waals surface area contributed by atoms with Crippen LogP contribution in [0.2, 0.25) is 0 Å². The Kier molecular flexibility index (Phi) is 2.87. The summed E-state index contributed by atoms with van der Waals surface area (Å²) in [6, 6.07) is 0.369. The van der Waals surface area contributed by atoms with Crippen molar-refractivity contribution in [1.29, 1.82) is 0 Å². The molecule has 14 heavy (non-hydrogen) atoms. The molecule has 0 aliphatic heterocycles. The zero-order valence-corrected chi connectivity index (χ0v) is 9.03. The van der Waals surface area contributed by atoms with Crippen molar-refractivity contribution >= 4 is 0 Å². The van der Waals surface area contributed by atoms with Gasteiger partial charge in [0.25, 0.3) is 0 Å². The maximum absolute atomic E-state index is 4.33. The lowest BCUT2D eigenvalue weighted by atomic mass is 10.2. The van der Waals surface area contributed by atoms with Gasteiger partial charge in [0.15, 0.2) is 0 Å². The van der Waals surface area contributed by atoms with Gasteiger partial charge in [0, 0.05) is 19.4 Å². The zero-order chi connectivity index (χ0) is 9.97. The van der Waals surface area contributed by atoms with Gasteiger partial charge < -0.3 is 9.88 Å². The third kappa shape index (κ3) is 2.35. The van der Waals surface area contributed by atoms with E-state index in [1.807, 2.05) is 19.4 Å². The predicted molar refractivity (Wildman–Crippen MR) is 57.0 cm³/mol. The van der Waals surface area contributed by atoms with Gasteiger partial charge in [-0.15, -0.1) is 0 Å². The molecular weight excluding hydrogens is 174 g/mol. The first-order valence-electron chi connectivity index (χ1n) is 5.48. The first-order valence-corrected chi connectivity index (χ1v) is 5.48. The molecule has 1 aromatic heterocycles. The van der Waals surface area contributed by atoms with Gasteiger partial charge in [-0.2, -0.15) is 0 Å². The summed E-state index contributed by atoms with van der Waals surface area (Å²) in [5, 5.41) is 3.51. The Morgan fingerprint density at radius 2 is 2.43 bits per heavy atom. The molecule has 1 heterocycles. The quantitative estimate of drug-likeness (QED) is 0.773. The van der Waals surface area contributed by atoms with Crippen molar-refractivity contribution in [2.75, 3.05) is 6.54 Å². The lowest BCUT2D eigenvalue weighted by Gasteiger charge is -2.13. The van der Waals surface area contributed by atoms with E-state index in [1.54, 1.807) is 0 Å². The molecule has 1 aliphatic carbocycles. The minimum absolute atomic E-state index is 0.369.